The van der Waals surface area contributed by atoms with Gasteiger partial charge in [0.2, 0.25) is 5.91 Å². The Morgan fingerprint density at radius 2 is 2.12 bits per heavy atom. The third-order valence-corrected chi connectivity index (χ3v) is 3.71. The van der Waals surface area contributed by atoms with Gasteiger partial charge in [0, 0.05) is 19.3 Å². The van der Waals surface area contributed by atoms with Crippen molar-refractivity contribution in [3.05, 3.63) is 29.8 Å². The van der Waals surface area contributed by atoms with Gasteiger partial charge in [-0.3, -0.25) is 9.69 Å². The van der Waals surface area contributed by atoms with Crippen LogP contribution in [0, 0.1) is 0 Å². The summed E-state index contributed by atoms with van der Waals surface area (Å²) in [7, 11) is 1.89. The van der Waals surface area contributed by atoms with Crippen LogP contribution in [0.15, 0.2) is 24.3 Å². The fraction of sp³-hybridized carbons (Fsp3) is 0.462. The zero-order chi connectivity index (χ0) is 11.1. The molecule has 1 atom stereocenters. The summed E-state index contributed by atoms with van der Waals surface area (Å²) in [5.41, 5.74) is 2.34. The lowest BCUT2D eigenvalue weighted by atomic mass is 10.1. The molecule has 3 rings (SSSR count). The van der Waals surface area contributed by atoms with E-state index >= 15 is 0 Å². The minimum absolute atomic E-state index is 0.109. The average Bonchev–Trinajstić information content (AvgIpc) is 2.72. The Labute approximate surface area is 95.7 Å². The summed E-state index contributed by atoms with van der Waals surface area (Å²) in [6.07, 6.45) is 2.16. The third kappa shape index (κ3) is 1.35. The number of hydrogen-bond donors (Lipinski definition) is 0. The normalized spacial score (nSPS) is 25.2. The second-order valence-corrected chi connectivity index (χ2v) is 4.65. The molecule has 2 aliphatic heterocycles. The zero-order valence-corrected chi connectivity index (χ0v) is 9.52. The van der Waals surface area contributed by atoms with Crippen LogP contribution in [0.1, 0.15) is 18.4 Å². The van der Waals surface area contributed by atoms with Gasteiger partial charge in [-0.25, -0.2) is 0 Å². The van der Waals surface area contributed by atoms with Gasteiger partial charge >= 0.3 is 0 Å². The van der Waals surface area contributed by atoms with Crippen LogP contribution in [0.4, 0.5) is 5.69 Å². The molecule has 1 aromatic rings. The van der Waals surface area contributed by atoms with E-state index in [-0.39, 0.29) is 11.9 Å². The van der Waals surface area contributed by atoms with Gasteiger partial charge in [-0.05, 0) is 31.0 Å². The molecule has 1 fully saturated rings. The monoisotopic (exact) mass is 216 g/mol. The number of carbonyl (C=O) groups is 1. The van der Waals surface area contributed by atoms with Gasteiger partial charge < -0.3 is 4.90 Å². The molecule has 84 valence electrons. The highest BCUT2D eigenvalue weighted by Gasteiger charge is 2.36. The van der Waals surface area contributed by atoms with E-state index in [1.54, 1.807) is 0 Å². The van der Waals surface area contributed by atoms with Crippen molar-refractivity contribution in [3.8, 4) is 0 Å². The molecule has 0 aliphatic carbocycles. The summed E-state index contributed by atoms with van der Waals surface area (Å²) in [6.45, 7) is 1.97. The van der Waals surface area contributed by atoms with Crippen molar-refractivity contribution >= 4 is 11.6 Å². The Hall–Kier alpha value is -1.35. The lowest BCUT2D eigenvalue weighted by molar-refractivity contribution is -0.122. The van der Waals surface area contributed by atoms with Crippen molar-refractivity contribution < 1.29 is 4.79 Å². The Kier molecular flexibility index (Phi) is 2.21. The van der Waals surface area contributed by atoms with Crippen molar-refractivity contribution in [2.75, 3.05) is 18.5 Å². The molecule has 0 N–H and O–H groups in total. The predicted molar refractivity (Wildman–Crippen MR) is 63.3 cm³/mol. The SMILES string of the molecule is CN1C(=O)C2CCCN2Cc2ccccc21. The zero-order valence-electron chi connectivity index (χ0n) is 9.52. The molecule has 1 aromatic carbocycles. The molecule has 0 spiro atoms. The van der Waals surface area contributed by atoms with Crippen LogP contribution in [0.2, 0.25) is 0 Å². The average molecular weight is 216 g/mol. The number of para-hydroxylation sites is 1. The van der Waals surface area contributed by atoms with Crippen LogP contribution in [0.25, 0.3) is 0 Å². The molecule has 1 amide bonds. The lowest BCUT2D eigenvalue weighted by Gasteiger charge is -2.22. The van der Waals surface area contributed by atoms with Gasteiger partial charge in [0.25, 0.3) is 0 Å². The fourth-order valence-corrected chi connectivity index (χ4v) is 2.83. The fourth-order valence-electron chi connectivity index (χ4n) is 2.83. The Morgan fingerprint density at radius 3 is 3.00 bits per heavy atom. The van der Waals surface area contributed by atoms with Crippen molar-refractivity contribution in [1.82, 2.24) is 4.90 Å². The maximum absolute atomic E-state index is 12.3. The molecule has 3 nitrogen and oxygen atoms in total. The number of fused-ring (bicyclic) bond motifs is 2. The maximum Gasteiger partial charge on any atom is 0.244 e. The molecular weight excluding hydrogens is 200 g/mol. The van der Waals surface area contributed by atoms with Crippen LogP contribution in [0.5, 0.6) is 0 Å². The molecule has 1 saturated heterocycles. The Morgan fingerprint density at radius 1 is 1.31 bits per heavy atom. The highest BCUT2D eigenvalue weighted by Crippen LogP contribution is 2.31. The summed E-state index contributed by atoms with van der Waals surface area (Å²) in [5, 5.41) is 0. The van der Waals surface area contributed by atoms with Crippen LogP contribution in [-0.4, -0.2) is 30.4 Å². The first-order valence-corrected chi connectivity index (χ1v) is 5.87. The van der Waals surface area contributed by atoms with E-state index in [9.17, 15) is 4.79 Å². The van der Waals surface area contributed by atoms with Crippen molar-refractivity contribution in [3.63, 3.8) is 0 Å². The number of benzene rings is 1. The molecule has 0 bridgehead atoms. The number of anilines is 1. The molecule has 16 heavy (non-hydrogen) atoms. The standard InChI is InChI=1S/C13H16N2O/c1-14-11-6-3-2-5-10(11)9-15-8-4-7-12(15)13(14)16/h2-3,5-6,12H,4,7-9H2,1H3. The second kappa shape index (κ2) is 3.59. The molecule has 0 radical (unpaired) electrons. The highest BCUT2D eigenvalue weighted by molar-refractivity contribution is 5.98. The molecule has 1 unspecified atom stereocenters. The second-order valence-electron chi connectivity index (χ2n) is 4.65. The summed E-state index contributed by atoms with van der Waals surface area (Å²) in [5.74, 6) is 0.252. The first-order valence-electron chi connectivity index (χ1n) is 5.87. The van der Waals surface area contributed by atoms with E-state index in [2.05, 4.69) is 11.0 Å². The maximum atomic E-state index is 12.3. The number of likely N-dealkylation sites (N-methyl/N-ethyl adjacent to an activating group) is 1. The molecule has 3 heteroatoms. The van der Waals surface area contributed by atoms with E-state index in [1.165, 1.54) is 5.56 Å². The van der Waals surface area contributed by atoms with E-state index in [1.807, 2.05) is 30.1 Å². The van der Waals surface area contributed by atoms with Gasteiger partial charge in [-0.15, -0.1) is 0 Å². The summed E-state index contributed by atoms with van der Waals surface area (Å²) in [4.78, 5) is 16.4. The first-order chi connectivity index (χ1) is 7.77. The lowest BCUT2D eigenvalue weighted by Crippen LogP contribution is -2.41. The van der Waals surface area contributed by atoms with Crippen molar-refractivity contribution in [2.24, 2.45) is 0 Å². The van der Waals surface area contributed by atoms with Crippen LogP contribution in [-0.2, 0) is 11.3 Å². The molecule has 2 aliphatic rings. The topological polar surface area (TPSA) is 23.6 Å². The summed E-state index contributed by atoms with van der Waals surface area (Å²) in [6, 6.07) is 8.32. The van der Waals surface area contributed by atoms with Gasteiger partial charge in [-0.1, -0.05) is 18.2 Å². The van der Waals surface area contributed by atoms with E-state index in [0.29, 0.717) is 0 Å². The largest absolute Gasteiger partial charge is 0.314 e. The van der Waals surface area contributed by atoms with Gasteiger partial charge in [0.15, 0.2) is 0 Å². The molecule has 2 heterocycles. The summed E-state index contributed by atoms with van der Waals surface area (Å²) >= 11 is 0. The van der Waals surface area contributed by atoms with E-state index < -0.39 is 0 Å². The van der Waals surface area contributed by atoms with Crippen LogP contribution >= 0.6 is 0 Å². The molecule has 0 aromatic heterocycles. The molecule has 0 saturated carbocycles. The highest BCUT2D eigenvalue weighted by atomic mass is 16.2. The predicted octanol–water partition coefficient (Wildman–Crippen LogP) is 1.63. The van der Waals surface area contributed by atoms with Crippen molar-refractivity contribution in [1.29, 1.82) is 0 Å². The van der Waals surface area contributed by atoms with Crippen LogP contribution < -0.4 is 4.90 Å². The molecular formula is C13H16N2O. The van der Waals surface area contributed by atoms with E-state index in [0.717, 1.165) is 31.6 Å². The van der Waals surface area contributed by atoms with E-state index in [4.69, 9.17) is 0 Å². The van der Waals surface area contributed by atoms with Gasteiger partial charge in [0.05, 0.1) is 6.04 Å². The Balaban J connectivity index is 2.07. The smallest absolute Gasteiger partial charge is 0.244 e. The summed E-state index contributed by atoms with van der Waals surface area (Å²) < 4.78 is 0. The first kappa shape index (κ1) is 9.85. The number of rotatable bonds is 0. The minimum Gasteiger partial charge on any atom is -0.314 e. The van der Waals surface area contributed by atoms with Crippen molar-refractivity contribution in [2.45, 2.75) is 25.4 Å². The van der Waals surface area contributed by atoms with Gasteiger partial charge in [-0.2, -0.15) is 0 Å². The van der Waals surface area contributed by atoms with Gasteiger partial charge in [0.1, 0.15) is 0 Å². The van der Waals surface area contributed by atoms with Crippen LogP contribution in [0.3, 0.4) is 0 Å². The Bertz CT molecular complexity index is 430. The number of nitrogens with zero attached hydrogens (tertiary/aromatic N) is 2. The third-order valence-electron chi connectivity index (χ3n) is 3.71. The number of carbonyl (C=O) groups excluding carboxylic acids is 1. The minimum atomic E-state index is 0.109. The number of amides is 1. The number of hydrogen-bond acceptors (Lipinski definition) is 2. The quantitative estimate of drug-likeness (QED) is 0.658.